The van der Waals surface area contributed by atoms with Crippen molar-refractivity contribution in [1.29, 1.82) is 5.26 Å². The van der Waals surface area contributed by atoms with Gasteiger partial charge in [0.25, 0.3) is 5.91 Å². The predicted octanol–water partition coefficient (Wildman–Crippen LogP) is 4.35. The lowest BCUT2D eigenvalue weighted by Crippen LogP contribution is -2.38. The Kier molecular flexibility index (Phi) is 5.90. The Morgan fingerprint density at radius 2 is 1.82 bits per heavy atom. The quantitative estimate of drug-likeness (QED) is 0.739. The molecule has 6 nitrogen and oxygen atoms in total. The average Bonchev–Trinajstić information content (AvgIpc) is 3.24. The van der Waals surface area contributed by atoms with E-state index in [1.807, 2.05) is 24.0 Å². The first-order valence-electron chi connectivity index (χ1n) is 12.1. The Morgan fingerprint density at radius 3 is 2.39 bits per heavy atom. The van der Waals surface area contributed by atoms with Crippen molar-refractivity contribution in [2.45, 2.75) is 64.0 Å². The van der Waals surface area contributed by atoms with Gasteiger partial charge in [-0.25, -0.2) is 10.4 Å². The zero-order valence-corrected chi connectivity index (χ0v) is 19.4. The van der Waals surface area contributed by atoms with Crippen molar-refractivity contribution in [3.63, 3.8) is 0 Å². The van der Waals surface area contributed by atoms with Gasteiger partial charge in [-0.05, 0) is 86.3 Å². The summed E-state index contributed by atoms with van der Waals surface area (Å²) < 4.78 is 0. The van der Waals surface area contributed by atoms with Crippen LogP contribution in [0.3, 0.4) is 0 Å². The van der Waals surface area contributed by atoms with Crippen LogP contribution in [0, 0.1) is 18.3 Å². The fraction of sp³-hybridized carbons (Fsp3) is 0.444. The first kappa shape index (κ1) is 21.7. The van der Waals surface area contributed by atoms with E-state index >= 15 is 0 Å². The van der Waals surface area contributed by atoms with Crippen molar-refractivity contribution in [2.75, 3.05) is 13.1 Å². The third kappa shape index (κ3) is 4.26. The number of piperidine rings is 1. The second-order valence-electron chi connectivity index (χ2n) is 9.61. The molecule has 1 aliphatic carbocycles. The van der Waals surface area contributed by atoms with Crippen molar-refractivity contribution in [1.82, 2.24) is 15.8 Å². The summed E-state index contributed by atoms with van der Waals surface area (Å²) in [5, 5.41) is 9.02. The Bertz CT molecular complexity index is 1120. The highest BCUT2D eigenvalue weighted by atomic mass is 16.2. The summed E-state index contributed by atoms with van der Waals surface area (Å²) in [6, 6.07) is 14.4. The van der Waals surface area contributed by atoms with Crippen LogP contribution in [-0.2, 0) is 0 Å². The fourth-order valence-electron chi connectivity index (χ4n) is 5.21. The van der Waals surface area contributed by atoms with E-state index < -0.39 is 0 Å². The molecule has 5 rings (SSSR count). The lowest BCUT2D eigenvalue weighted by molar-refractivity contribution is 0.0712. The Balaban J connectivity index is 1.35. The minimum atomic E-state index is 0.0240. The zero-order valence-electron chi connectivity index (χ0n) is 19.4. The Labute approximate surface area is 195 Å². The summed E-state index contributed by atoms with van der Waals surface area (Å²) >= 11 is 0. The molecule has 1 unspecified atom stereocenters. The molecule has 6 heteroatoms. The van der Waals surface area contributed by atoms with Crippen LogP contribution in [0.4, 0.5) is 0 Å². The minimum absolute atomic E-state index is 0.0240. The number of hydrazine groups is 1. The van der Waals surface area contributed by atoms with Crippen molar-refractivity contribution < 1.29 is 4.79 Å². The van der Waals surface area contributed by atoms with Crippen molar-refractivity contribution in [2.24, 2.45) is 4.99 Å². The van der Waals surface area contributed by atoms with Crippen LogP contribution >= 0.6 is 0 Å². The molecule has 2 heterocycles. The first-order valence-corrected chi connectivity index (χ1v) is 12.1. The number of aryl methyl sites for hydroxylation is 1. The van der Waals surface area contributed by atoms with Gasteiger partial charge in [0.05, 0.1) is 11.6 Å². The number of amides is 1. The molecule has 0 radical (unpaired) electrons. The molecule has 0 bridgehead atoms. The normalized spacial score (nSPS) is 21.2. The summed E-state index contributed by atoms with van der Waals surface area (Å²) in [5.74, 6) is 1.96. The van der Waals surface area contributed by atoms with Gasteiger partial charge in [-0.2, -0.15) is 5.26 Å². The number of likely N-dealkylation sites (tertiary alicyclic amines) is 1. The number of carbonyl (C=O) groups is 1. The van der Waals surface area contributed by atoms with Gasteiger partial charge in [-0.1, -0.05) is 24.6 Å². The summed E-state index contributed by atoms with van der Waals surface area (Å²) in [4.78, 5) is 20.3. The summed E-state index contributed by atoms with van der Waals surface area (Å²) in [5.41, 5.74) is 12.6. The van der Waals surface area contributed by atoms with E-state index in [4.69, 9.17) is 10.3 Å². The molecule has 2 aromatic rings. The number of hydrogen-bond acceptors (Lipinski definition) is 5. The second kappa shape index (κ2) is 8.99. The SMILES string of the molecule is Cc1cc(C2CCC2)c(C2=NC(C)NN2)cc1C(=O)N1CCC(c2ccc(C#N)cc2)CC1. The largest absolute Gasteiger partial charge is 0.339 e. The van der Waals surface area contributed by atoms with Gasteiger partial charge in [0.15, 0.2) is 0 Å². The van der Waals surface area contributed by atoms with E-state index in [1.165, 1.54) is 30.4 Å². The maximum absolute atomic E-state index is 13.6. The van der Waals surface area contributed by atoms with Gasteiger partial charge in [0, 0.05) is 24.2 Å². The van der Waals surface area contributed by atoms with Crippen LogP contribution in [0.2, 0.25) is 0 Å². The lowest BCUT2D eigenvalue weighted by atomic mass is 9.77. The summed E-state index contributed by atoms with van der Waals surface area (Å²) in [6.07, 6.45) is 5.60. The number of nitrogens with one attached hydrogen (secondary N) is 2. The minimum Gasteiger partial charge on any atom is -0.339 e. The molecule has 170 valence electrons. The van der Waals surface area contributed by atoms with Crippen molar-refractivity contribution in [3.05, 3.63) is 69.8 Å². The van der Waals surface area contributed by atoms with Gasteiger partial charge in [-0.3, -0.25) is 4.79 Å². The molecule has 33 heavy (non-hydrogen) atoms. The molecule has 0 spiro atoms. The smallest absolute Gasteiger partial charge is 0.254 e. The van der Waals surface area contributed by atoms with Crippen LogP contribution in [0.25, 0.3) is 0 Å². The van der Waals surface area contributed by atoms with Crippen LogP contribution < -0.4 is 10.9 Å². The summed E-state index contributed by atoms with van der Waals surface area (Å²) in [6.45, 7) is 5.58. The van der Waals surface area contributed by atoms with Crippen LogP contribution in [0.5, 0.6) is 0 Å². The molecular weight excluding hydrogens is 410 g/mol. The van der Waals surface area contributed by atoms with Crippen LogP contribution in [0.15, 0.2) is 41.4 Å². The number of benzene rings is 2. The molecule has 0 aromatic heterocycles. The molecule has 2 aliphatic heterocycles. The number of hydrogen-bond donors (Lipinski definition) is 2. The van der Waals surface area contributed by atoms with E-state index in [0.717, 1.165) is 48.5 Å². The van der Waals surface area contributed by atoms with Crippen molar-refractivity contribution in [3.8, 4) is 6.07 Å². The molecule has 1 amide bonds. The molecule has 2 fully saturated rings. The van der Waals surface area contributed by atoms with Gasteiger partial charge < -0.3 is 10.3 Å². The molecule has 1 saturated heterocycles. The van der Waals surface area contributed by atoms with Gasteiger partial charge in [-0.15, -0.1) is 0 Å². The highest BCUT2D eigenvalue weighted by Crippen LogP contribution is 2.39. The lowest BCUT2D eigenvalue weighted by Gasteiger charge is -2.33. The predicted molar refractivity (Wildman–Crippen MR) is 129 cm³/mol. The van der Waals surface area contributed by atoms with E-state index in [1.54, 1.807) is 0 Å². The number of aliphatic imine (C=N–C) groups is 1. The monoisotopic (exact) mass is 441 g/mol. The van der Waals surface area contributed by atoms with E-state index in [9.17, 15) is 4.79 Å². The molecular formula is C27H31N5O. The molecule has 2 aromatic carbocycles. The summed E-state index contributed by atoms with van der Waals surface area (Å²) in [7, 11) is 0. The average molecular weight is 442 g/mol. The van der Waals surface area contributed by atoms with Gasteiger partial charge in [0.1, 0.15) is 12.0 Å². The number of nitriles is 1. The number of amidine groups is 1. The highest BCUT2D eigenvalue weighted by molar-refractivity contribution is 6.04. The van der Waals surface area contributed by atoms with E-state index in [-0.39, 0.29) is 12.1 Å². The molecule has 3 aliphatic rings. The Hall–Kier alpha value is -3.17. The topological polar surface area (TPSA) is 80.5 Å². The van der Waals surface area contributed by atoms with E-state index in [2.05, 4.69) is 48.1 Å². The Morgan fingerprint density at radius 1 is 1.09 bits per heavy atom. The standard InChI is InChI=1S/C27H31N5O/c1-17-14-24(22-4-3-5-22)25(26-29-18(2)30-31-26)15-23(17)27(33)32-12-10-21(11-13-32)20-8-6-19(16-28)7-9-20/h6-9,14-15,18,21-22,30H,3-5,10-13H2,1-2H3,(H,29,31). The first-order chi connectivity index (χ1) is 16.0. The van der Waals surface area contributed by atoms with E-state index in [0.29, 0.717) is 17.4 Å². The highest BCUT2D eigenvalue weighted by Gasteiger charge is 2.30. The number of carbonyl (C=O) groups excluding carboxylic acids is 1. The third-order valence-corrected chi connectivity index (χ3v) is 7.44. The fourth-order valence-corrected chi connectivity index (χ4v) is 5.21. The third-order valence-electron chi connectivity index (χ3n) is 7.44. The van der Waals surface area contributed by atoms with Gasteiger partial charge >= 0.3 is 0 Å². The molecule has 1 saturated carbocycles. The number of nitrogens with zero attached hydrogens (tertiary/aromatic N) is 3. The zero-order chi connectivity index (χ0) is 22.9. The van der Waals surface area contributed by atoms with Crippen molar-refractivity contribution >= 4 is 11.7 Å². The van der Waals surface area contributed by atoms with Crippen LogP contribution in [-0.4, -0.2) is 35.9 Å². The molecule has 1 atom stereocenters. The maximum Gasteiger partial charge on any atom is 0.254 e. The van der Waals surface area contributed by atoms with Gasteiger partial charge in [0.2, 0.25) is 0 Å². The number of rotatable bonds is 4. The second-order valence-corrected chi connectivity index (χ2v) is 9.61. The molecule has 2 N–H and O–H groups in total. The maximum atomic E-state index is 13.6. The van der Waals surface area contributed by atoms with Crippen LogP contribution in [0.1, 0.15) is 89.0 Å².